The Kier molecular flexibility index (Phi) is 5.39. The number of fused-ring (bicyclic) bond motifs is 4. The largest absolute Gasteiger partial charge is 0.444 e. The molecule has 1 amide bonds. The van der Waals surface area contributed by atoms with Gasteiger partial charge in [0, 0.05) is 24.6 Å². The van der Waals surface area contributed by atoms with E-state index in [-0.39, 0.29) is 23.7 Å². The van der Waals surface area contributed by atoms with Crippen molar-refractivity contribution in [2.45, 2.75) is 70.8 Å². The number of ether oxygens (including phenoxy) is 1. The number of rotatable bonds is 2. The number of nitrogens with zero attached hydrogens (tertiary/aromatic N) is 1. The van der Waals surface area contributed by atoms with Gasteiger partial charge in [0.15, 0.2) is 5.78 Å². The second kappa shape index (κ2) is 8.36. The smallest absolute Gasteiger partial charge is 0.410 e. The zero-order chi connectivity index (χ0) is 24.3. The summed E-state index contributed by atoms with van der Waals surface area (Å²) in [6, 6.07) is 11.1. The Morgan fingerprint density at radius 3 is 2.51 bits per heavy atom. The van der Waals surface area contributed by atoms with Crippen molar-refractivity contribution in [3.05, 3.63) is 64.7 Å². The number of amides is 1. The van der Waals surface area contributed by atoms with Gasteiger partial charge < -0.3 is 9.64 Å². The molecule has 0 spiro atoms. The number of hydrogen-bond donors (Lipinski definition) is 0. The number of piperidine rings is 1. The Labute approximate surface area is 208 Å². The highest BCUT2D eigenvalue weighted by Gasteiger charge is 2.41. The number of allylic oxidation sites excluding steroid dienone is 4. The molecular formula is C31H35NO3. The summed E-state index contributed by atoms with van der Waals surface area (Å²) in [5.74, 6) is 1.16. The van der Waals surface area contributed by atoms with Crippen molar-refractivity contribution in [1.82, 2.24) is 4.90 Å². The van der Waals surface area contributed by atoms with E-state index in [2.05, 4.69) is 42.5 Å². The highest BCUT2D eigenvalue weighted by atomic mass is 16.6. The maximum absolute atomic E-state index is 14.3. The van der Waals surface area contributed by atoms with Crippen LogP contribution in [0.3, 0.4) is 0 Å². The van der Waals surface area contributed by atoms with Gasteiger partial charge >= 0.3 is 6.09 Å². The molecule has 35 heavy (non-hydrogen) atoms. The summed E-state index contributed by atoms with van der Waals surface area (Å²) < 4.78 is 5.59. The van der Waals surface area contributed by atoms with E-state index in [9.17, 15) is 9.59 Å². The molecule has 2 fully saturated rings. The lowest BCUT2D eigenvalue weighted by Crippen LogP contribution is -2.44. The minimum absolute atomic E-state index is 0.0862. The van der Waals surface area contributed by atoms with Crippen LogP contribution in [-0.4, -0.2) is 35.5 Å². The number of hydrogen-bond acceptors (Lipinski definition) is 3. The van der Waals surface area contributed by atoms with Crippen LogP contribution in [0.2, 0.25) is 0 Å². The first-order valence-electron chi connectivity index (χ1n) is 13.3. The van der Waals surface area contributed by atoms with Crippen molar-refractivity contribution in [2.75, 3.05) is 13.1 Å². The molecule has 3 aliphatic carbocycles. The van der Waals surface area contributed by atoms with Gasteiger partial charge in [-0.3, -0.25) is 4.79 Å². The summed E-state index contributed by atoms with van der Waals surface area (Å²) >= 11 is 0. The third-order valence-corrected chi connectivity index (χ3v) is 8.16. The average Bonchev–Trinajstić information content (AvgIpc) is 3.68. The van der Waals surface area contributed by atoms with E-state index >= 15 is 0 Å². The quantitative estimate of drug-likeness (QED) is 0.464. The molecule has 6 rings (SSSR count). The molecule has 1 saturated heterocycles. The standard InChI is InChI=1S/C31H35NO3/c1-31(2,3)35-30(34)32-16-14-20(15-17-32)27-25-7-5-4-6-24(25)26-13-11-22-18-21(19-8-9-19)10-12-23(22)28(26)29(27)33/h4,6,10-13,18-20,27H,5,7-9,14-17H2,1-3H3. The van der Waals surface area contributed by atoms with Crippen molar-refractivity contribution in [2.24, 2.45) is 11.8 Å². The minimum atomic E-state index is -0.494. The van der Waals surface area contributed by atoms with E-state index in [4.69, 9.17) is 4.74 Å². The van der Waals surface area contributed by atoms with Crippen LogP contribution in [0, 0.1) is 11.8 Å². The van der Waals surface area contributed by atoms with Crippen LogP contribution < -0.4 is 0 Å². The normalized spacial score (nSPS) is 22.9. The van der Waals surface area contributed by atoms with Crippen LogP contribution >= 0.6 is 0 Å². The fourth-order valence-corrected chi connectivity index (χ4v) is 6.33. The third kappa shape index (κ3) is 4.11. The van der Waals surface area contributed by atoms with Crippen LogP contribution in [-0.2, 0) is 4.74 Å². The van der Waals surface area contributed by atoms with E-state index in [1.807, 2.05) is 25.7 Å². The van der Waals surface area contributed by atoms with Crippen LogP contribution in [0.15, 0.2) is 48.1 Å². The van der Waals surface area contributed by atoms with Crippen LogP contribution in [0.1, 0.15) is 86.7 Å². The Bertz CT molecular complexity index is 1270. The van der Waals surface area contributed by atoms with Gasteiger partial charge in [-0.25, -0.2) is 4.79 Å². The lowest BCUT2D eigenvalue weighted by molar-refractivity contribution is 0.0169. The molecule has 1 unspecified atom stereocenters. The molecule has 4 nitrogen and oxygen atoms in total. The summed E-state index contributed by atoms with van der Waals surface area (Å²) in [7, 11) is 0. The number of carbonyl (C=O) groups is 2. The zero-order valence-electron chi connectivity index (χ0n) is 21.1. The lowest BCUT2D eigenvalue weighted by Gasteiger charge is -2.40. The molecule has 1 saturated carbocycles. The van der Waals surface area contributed by atoms with E-state index < -0.39 is 5.60 Å². The second-order valence-corrected chi connectivity index (χ2v) is 11.8. The summed E-state index contributed by atoms with van der Waals surface area (Å²) in [5, 5.41) is 2.28. The summed E-state index contributed by atoms with van der Waals surface area (Å²) in [4.78, 5) is 28.7. The highest BCUT2D eigenvalue weighted by Crippen LogP contribution is 2.48. The molecule has 182 valence electrons. The molecule has 1 heterocycles. The maximum Gasteiger partial charge on any atom is 0.410 e. The molecule has 2 aromatic carbocycles. The fraction of sp³-hybridized carbons (Fsp3) is 0.484. The molecule has 0 N–H and O–H groups in total. The molecule has 1 aliphatic heterocycles. The predicted octanol–water partition coefficient (Wildman–Crippen LogP) is 7.28. The number of ketones is 1. The van der Waals surface area contributed by atoms with Crippen molar-refractivity contribution in [3.8, 4) is 0 Å². The van der Waals surface area contributed by atoms with Gasteiger partial charge in [0.2, 0.25) is 0 Å². The molecule has 4 heteroatoms. The van der Waals surface area contributed by atoms with Crippen molar-refractivity contribution in [1.29, 1.82) is 0 Å². The number of carbonyl (C=O) groups excluding carboxylic acids is 2. The molecule has 0 bridgehead atoms. The first-order valence-corrected chi connectivity index (χ1v) is 13.3. The van der Waals surface area contributed by atoms with Gasteiger partial charge in [-0.2, -0.15) is 0 Å². The van der Waals surface area contributed by atoms with E-state index in [0.29, 0.717) is 19.0 Å². The summed E-state index contributed by atoms with van der Waals surface area (Å²) in [5.41, 5.74) is 5.51. The minimum Gasteiger partial charge on any atom is -0.444 e. The maximum atomic E-state index is 14.3. The van der Waals surface area contributed by atoms with Gasteiger partial charge in [-0.15, -0.1) is 0 Å². The van der Waals surface area contributed by atoms with Crippen molar-refractivity contribution < 1.29 is 14.3 Å². The van der Waals surface area contributed by atoms with Crippen molar-refractivity contribution >= 4 is 28.2 Å². The second-order valence-electron chi connectivity index (χ2n) is 11.8. The first-order chi connectivity index (χ1) is 16.8. The number of Topliss-reactive ketones (excluding diaryl/α,β-unsaturated/α-hetero) is 1. The molecule has 0 aromatic heterocycles. The summed E-state index contributed by atoms with van der Waals surface area (Å²) in [6.07, 6.45) is 10.4. The zero-order valence-corrected chi connectivity index (χ0v) is 21.1. The van der Waals surface area contributed by atoms with Gasteiger partial charge in [0.25, 0.3) is 0 Å². The predicted molar refractivity (Wildman–Crippen MR) is 140 cm³/mol. The molecule has 1 atom stereocenters. The van der Waals surface area contributed by atoms with Crippen LogP contribution in [0.25, 0.3) is 16.3 Å². The van der Waals surface area contributed by atoms with Gasteiger partial charge in [-0.1, -0.05) is 48.1 Å². The number of benzene rings is 2. The summed E-state index contributed by atoms with van der Waals surface area (Å²) in [6.45, 7) is 7.00. The van der Waals surface area contributed by atoms with Gasteiger partial charge in [0.05, 0.1) is 0 Å². The average molecular weight is 470 g/mol. The van der Waals surface area contributed by atoms with Crippen molar-refractivity contribution in [3.63, 3.8) is 0 Å². The number of likely N-dealkylation sites (tertiary alicyclic amines) is 1. The molecular weight excluding hydrogens is 434 g/mol. The molecule has 2 aromatic rings. The monoisotopic (exact) mass is 469 g/mol. The van der Waals surface area contributed by atoms with Gasteiger partial charge in [0.1, 0.15) is 5.60 Å². The highest BCUT2D eigenvalue weighted by molar-refractivity contribution is 6.17. The SMILES string of the molecule is CC(C)(C)OC(=O)N1CCC(C2C(=O)c3c(ccc4cc(C5CC5)ccc34)C3=C2CCC=C3)CC1. The van der Waals surface area contributed by atoms with E-state index in [1.54, 1.807) is 0 Å². The van der Waals surface area contributed by atoms with Gasteiger partial charge in [-0.05, 0) is 98.6 Å². The molecule has 4 aliphatic rings. The third-order valence-electron chi connectivity index (χ3n) is 8.16. The van der Waals surface area contributed by atoms with E-state index in [1.165, 1.54) is 34.9 Å². The fourth-order valence-electron chi connectivity index (χ4n) is 6.33. The van der Waals surface area contributed by atoms with Crippen LogP contribution in [0.5, 0.6) is 0 Å². The molecule has 0 radical (unpaired) electrons. The topological polar surface area (TPSA) is 46.6 Å². The Balaban J connectivity index is 1.33. The first kappa shape index (κ1) is 22.6. The van der Waals surface area contributed by atoms with Crippen LogP contribution in [0.4, 0.5) is 4.79 Å². The Morgan fingerprint density at radius 2 is 1.80 bits per heavy atom. The Morgan fingerprint density at radius 1 is 1.03 bits per heavy atom. The lowest BCUT2D eigenvalue weighted by atomic mass is 9.66. The Hall–Kier alpha value is -2.88. The van der Waals surface area contributed by atoms with E-state index in [0.717, 1.165) is 42.2 Å².